The number of anilines is 1. The molecule has 1 N–H and O–H groups in total. The molecule has 0 unspecified atom stereocenters. The fraction of sp³-hybridized carbons (Fsp3) is 0.500. The number of amides is 1. The number of nitrogens with one attached hydrogen (secondary N) is 1. The lowest BCUT2D eigenvalue weighted by molar-refractivity contribution is -0.116. The van der Waals surface area contributed by atoms with Crippen LogP contribution in [0.3, 0.4) is 0 Å². The van der Waals surface area contributed by atoms with Crippen molar-refractivity contribution in [2.24, 2.45) is 0 Å². The van der Waals surface area contributed by atoms with Gasteiger partial charge in [0, 0.05) is 53.2 Å². The smallest absolute Gasteiger partial charge is 0.224 e. The second-order valence-corrected chi connectivity index (χ2v) is 6.21. The van der Waals surface area contributed by atoms with Gasteiger partial charge in [-0.3, -0.25) is 9.00 Å². The Hall–Kier alpha value is -0.910. The van der Waals surface area contributed by atoms with Crippen LogP contribution in [0.2, 0.25) is 5.02 Å². The molecule has 1 amide bonds. The fourth-order valence-corrected chi connectivity index (χ4v) is 2.63. The first-order valence-corrected chi connectivity index (χ1v) is 8.59. The molecule has 0 radical (unpaired) electrons. The van der Waals surface area contributed by atoms with Crippen LogP contribution in [0.15, 0.2) is 18.2 Å². The maximum absolute atomic E-state index is 11.7. The van der Waals surface area contributed by atoms with Gasteiger partial charge in [0.1, 0.15) is 0 Å². The summed E-state index contributed by atoms with van der Waals surface area (Å²) in [6.07, 6.45) is 2.73. The van der Waals surface area contributed by atoms with Gasteiger partial charge in [-0.1, -0.05) is 11.6 Å². The topological polar surface area (TPSA) is 55.4 Å². The SMILES string of the molecule is CCOCCCC(=O)Nc1ccc(Cl)c(C[S@](C)=O)c1. The molecule has 4 nitrogen and oxygen atoms in total. The molecule has 0 saturated heterocycles. The van der Waals surface area contributed by atoms with Crippen LogP contribution < -0.4 is 5.32 Å². The summed E-state index contributed by atoms with van der Waals surface area (Å²) >= 11 is 6.03. The van der Waals surface area contributed by atoms with Crippen LogP contribution in [0.1, 0.15) is 25.3 Å². The van der Waals surface area contributed by atoms with E-state index in [1.165, 1.54) is 0 Å². The van der Waals surface area contributed by atoms with Crippen LogP contribution in [-0.4, -0.2) is 29.6 Å². The number of halogens is 1. The zero-order valence-corrected chi connectivity index (χ0v) is 13.4. The predicted octanol–water partition coefficient (Wildman–Crippen LogP) is 2.97. The molecule has 112 valence electrons. The zero-order valence-electron chi connectivity index (χ0n) is 11.8. The minimum Gasteiger partial charge on any atom is -0.382 e. The highest BCUT2D eigenvalue weighted by Gasteiger charge is 2.07. The van der Waals surface area contributed by atoms with E-state index < -0.39 is 10.8 Å². The van der Waals surface area contributed by atoms with Gasteiger partial charge in [0.25, 0.3) is 0 Å². The van der Waals surface area contributed by atoms with E-state index in [0.717, 1.165) is 5.56 Å². The van der Waals surface area contributed by atoms with Crippen molar-refractivity contribution in [2.45, 2.75) is 25.5 Å². The van der Waals surface area contributed by atoms with E-state index in [1.807, 2.05) is 6.92 Å². The van der Waals surface area contributed by atoms with Crippen LogP contribution >= 0.6 is 11.6 Å². The lowest BCUT2D eigenvalue weighted by Gasteiger charge is -2.08. The van der Waals surface area contributed by atoms with Gasteiger partial charge in [-0.2, -0.15) is 0 Å². The molecule has 0 heterocycles. The Morgan fingerprint density at radius 3 is 2.85 bits per heavy atom. The maximum atomic E-state index is 11.7. The van der Waals surface area contributed by atoms with E-state index in [9.17, 15) is 9.00 Å². The second kappa shape index (κ2) is 9.10. The van der Waals surface area contributed by atoms with Crippen LogP contribution in [0.5, 0.6) is 0 Å². The Bertz CT molecular complexity index is 479. The summed E-state index contributed by atoms with van der Waals surface area (Å²) in [5.41, 5.74) is 1.45. The fourth-order valence-electron chi connectivity index (χ4n) is 1.68. The second-order valence-electron chi connectivity index (χ2n) is 4.37. The van der Waals surface area contributed by atoms with Crippen molar-refractivity contribution in [3.8, 4) is 0 Å². The van der Waals surface area contributed by atoms with Crippen molar-refractivity contribution in [3.63, 3.8) is 0 Å². The van der Waals surface area contributed by atoms with E-state index in [1.54, 1.807) is 24.5 Å². The third kappa shape index (κ3) is 6.50. The summed E-state index contributed by atoms with van der Waals surface area (Å²) in [6, 6.07) is 5.22. The van der Waals surface area contributed by atoms with Gasteiger partial charge in [0.05, 0.1) is 0 Å². The van der Waals surface area contributed by atoms with E-state index in [0.29, 0.717) is 42.5 Å². The molecule has 0 aromatic heterocycles. The number of carbonyl (C=O) groups excluding carboxylic acids is 1. The third-order valence-corrected chi connectivity index (χ3v) is 3.67. The number of hydrogen-bond donors (Lipinski definition) is 1. The molecule has 0 fully saturated rings. The molecular weight excluding hydrogens is 298 g/mol. The summed E-state index contributed by atoms with van der Waals surface area (Å²) in [4.78, 5) is 11.7. The lowest BCUT2D eigenvalue weighted by atomic mass is 10.2. The molecule has 0 bridgehead atoms. The van der Waals surface area contributed by atoms with Gasteiger partial charge in [0.15, 0.2) is 0 Å². The highest BCUT2D eigenvalue weighted by Crippen LogP contribution is 2.22. The Balaban J connectivity index is 2.54. The molecule has 0 aliphatic heterocycles. The molecular formula is C14H20ClNO3S. The van der Waals surface area contributed by atoms with Gasteiger partial charge in [-0.25, -0.2) is 0 Å². The monoisotopic (exact) mass is 317 g/mol. The van der Waals surface area contributed by atoms with Gasteiger partial charge < -0.3 is 10.1 Å². The van der Waals surface area contributed by atoms with E-state index >= 15 is 0 Å². The summed E-state index contributed by atoms with van der Waals surface area (Å²) < 4.78 is 16.4. The number of hydrogen-bond acceptors (Lipinski definition) is 3. The minimum atomic E-state index is -0.969. The minimum absolute atomic E-state index is 0.0596. The highest BCUT2D eigenvalue weighted by molar-refractivity contribution is 7.83. The first kappa shape index (κ1) is 17.1. The van der Waals surface area contributed by atoms with E-state index in [2.05, 4.69) is 5.32 Å². The highest BCUT2D eigenvalue weighted by atomic mass is 35.5. The van der Waals surface area contributed by atoms with Crippen molar-refractivity contribution in [1.29, 1.82) is 0 Å². The largest absolute Gasteiger partial charge is 0.382 e. The third-order valence-electron chi connectivity index (χ3n) is 2.58. The standard InChI is InChI=1S/C14H20ClNO3S/c1-3-19-8-4-5-14(17)16-12-6-7-13(15)11(9-12)10-20(2)18/h6-7,9H,3-5,8,10H2,1-2H3,(H,16,17)/t20-/m0/s1. The Morgan fingerprint density at radius 1 is 1.45 bits per heavy atom. The van der Waals surface area contributed by atoms with Crippen molar-refractivity contribution in [3.05, 3.63) is 28.8 Å². The summed E-state index contributed by atoms with van der Waals surface area (Å²) in [5.74, 6) is 0.322. The normalized spacial score (nSPS) is 12.2. The van der Waals surface area contributed by atoms with Gasteiger partial charge >= 0.3 is 0 Å². The molecule has 0 spiro atoms. The predicted molar refractivity (Wildman–Crippen MR) is 83.6 cm³/mol. The van der Waals surface area contributed by atoms with Gasteiger partial charge in [0.2, 0.25) is 5.91 Å². The van der Waals surface area contributed by atoms with Crippen molar-refractivity contribution >= 4 is 34.0 Å². The summed E-state index contributed by atoms with van der Waals surface area (Å²) in [5, 5.41) is 3.37. The number of ether oxygens (including phenoxy) is 1. The van der Waals surface area contributed by atoms with E-state index in [4.69, 9.17) is 16.3 Å². The molecule has 0 aliphatic rings. The summed E-state index contributed by atoms with van der Waals surface area (Å²) in [6.45, 7) is 3.17. The van der Waals surface area contributed by atoms with E-state index in [-0.39, 0.29) is 5.91 Å². The summed E-state index contributed by atoms with van der Waals surface area (Å²) in [7, 11) is -0.969. The number of carbonyl (C=O) groups is 1. The van der Waals surface area contributed by atoms with Crippen LogP contribution in [0.4, 0.5) is 5.69 Å². The average Bonchev–Trinajstić information content (AvgIpc) is 2.38. The van der Waals surface area contributed by atoms with Crippen molar-refractivity contribution in [1.82, 2.24) is 0 Å². The zero-order chi connectivity index (χ0) is 15.0. The van der Waals surface area contributed by atoms with Gasteiger partial charge in [-0.15, -0.1) is 0 Å². The molecule has 1 atom stereocenters. The lowest BCUT2D eigenvalue weighted by Crippen LogP contribution is -2.12. The Labute approximate surface area is 127 Å². The maximum Gasteiger partial charge on any atom is 0.224 e. The number of benzene rings is 1. The van der Waals surface area contributed by atoms with Crippen LogP contribution in [-0.2, 0) is 26.1 Å². The molecule has 0 aliphatic carbocycles. The molecule has 1 aromatic rings. The number of rotatable bonds is 8. The first-order chi connectivity index (χ1) is 9.52. The Morgan fingerprint density at radius 2 is 2.20 bits per heavy atom. The molecule has 20 heavy (non-hydrogen) atoms. The molecule has 1 aromatic carbocycles. The van der Waals surface area contributed by atoms with Crippen LogP contribution in [0.25, 0.3) is 0 Å². The van der Waals surface area contributed by atoms with Crippen LogP contribution in [0, 0.1) is 0 Å². The average molecular weight is 318 g/mol. The van der Waals surface area contributed by atoms with Gasteiger partial charge in [-0.05, 0) is 37.1 Å². The quantitative estimate of drug-likeness (QED) is 0.750. The van der Waals surface area contributed by atoms with Crippen molar-refractivity contribution < 1.29 is 13.7 Å². The molecule has 1 rings (SSSR count). The Kier molecular flexibility index (Phi) is 7.80. The van der Waals surface area contributed by atoms with Crippen molar-refractivity contribution in [2.75, 3.05) is 24.8 Å². The molecule has 0 saturated carbocycles. The first-order valence-electron chi connectivity index (χ1n) is 6.49. The molecule has 6 heteroatoms.